The van der Waals surface area contributed by atoms with E-state index in [1.165, 1.54) is 0 Å². The predicted molar refractivity (Wildman–Crippen MR) is 78.0 cm³/mol. The van der Waals surface area contributed by atoms with E-state index in [9.17, 15) is 22.8 Å². The number of aromatic amines is 1. The number of nitrogens with one attached hydrogen (secondary N) is 2. The van der Waals surface area contributed by atoms with Gasteiger partial charge in [-0.1, -0.05) is 30.3 Å². The Bertz CT molecular complexity index is 784. The van der Waals surface area contributed by atoms with Gasteiger partial charge in [0.25, 0.3) is 5.56 Å². The summed E-state index contributed by atoms with van der Waals surface area (Å²) in [6.45, 7) is 0. The average molecular weight is 322 g/mol. The number of alkyl halides is 3. The molecule has 0 saturated heterocycles. The number of pyridine rings is 1. The van der Waals surface area contributed by atoms with Gasteiger partial charge in [-0.05, 0) is 24.0 Å². The number of hydrogen-bond acceptors (Lipinski definition) is 2. The second-order valence-corrected chi connectivity index (χ2v) is 5.48. The zero-order chi connectivity index (χ0) is 16.6. The predicted octanol–water partition coefficient (Wildman–Crippen LogP) is 3.14. The Balaban J connectivity index is 1.73. The fourth-order valence-electron chi connectivity index (χ4n) is 2.52. The van der Waals surface area contributed by atoms with Crippen molar-refractivity contribution in [3.05, 3.63) is 64.1 Å². The van der Waals surface area contributed by atoms with Crippen LogP contribution < -0.4 is 10.9 Å². The van der Waals surface area contributed by atoms with Gasteiger partial charge >= 0.3 is 6.18 Å². The molecule has 120 valence electrons. The average Bonchev–Trinajstić information content (AvgIpc) is 3.30. The topological polar surface area (TPSA) is 62.0 Å². The summed E-state index contributed by atoms with van der Waals surface area (Å²) in [5.74, 6) is -0.726. The Labute approximate surface area is 129 Å². The summed E-state index contributed by atoms with van der Waals surface area (Å²) < 4.78 is 38.0. The first-order chi connectivity index (χ1) is 10.9. The highest BCUT2D eigenvalue weighted by Gasteiger charge is 2.44. The van der Waals surface area contributed by atoms with E-state index in [-0.39, 0.29) is 17.5 Å². The first-order valence-electron chi connectivity index (χ1n) is 7.02. The number of benzene rings is 1. The van der Waals surface area contributed by atoms with E-state index in [1.807, 2.05) is 35.3 Å². The van der Waals surface area contributed by atoms with Gasteiger partial charge in [0.1, 0.15) is 5.69 Å². The van der Waals surface area contributed by atoms with Crippen LogP contribution in [0.25, 0.3) is 0 Å². The lowest BCUT2D eigenvalue weighted by atomic mass is 10.1. The minimum atomic E-state index is -4.59. The van der Waals surface area contributed by atoms with Crippen LogP contribution in [-0.4, -0.2) is 10.9 Å². The fraction of sp³-hybridized carbons (Fsp3) is 0.250. The highest BCUT2D eigenvalue weighted by Crippen LogP contribution is 2.47. The molecule has 1 aliphatic carbocycles. The molecule has 1 heterocycles. The van der Waals surface area contributed by atoms with Crippen LogP contribution in [0, 0.1) is 5.92 Å². The Kier molecular flexibility index (Phi) is 3.71. The minimum absolute atomic E-state index is 0.0427. The van der Waals surface area contributed by atoms with Gasteiger partial charge in [-0.3, -0.25) is 9.59 Å². The lowest BCUT2D eigenvalue weighted by Gasteiger charge is -2.09. The summed E-state index contributed by atoms with van der Waals surface area (Å²) in [6.07, 6.45) is -3.38. The van der Waals surface area contributed by atoms with E-state index >= 15 is 0 Å². The first-order valence-corrected chi connectivity index (χ1v) is 7.02. The molecule has 1 amide bonds. The zero-order valence-electron chi connectivity index (χ0n) is 11.9. The fourth-order valence-corrected chi connectivity index (χ4v) is 2.52. The Morgan fingerprint density at radius 1 is 1.22 bits per heavy atom. The smallest absolute Gasteiger partial charge is 0.327 e. The third-order valence-electron chi connectivity index (χ3n) is 3.84. The summed E-state index contributed by atoms with van der Waals surface area (Å²) >= 11 is 0. The number of aromatic nitrogens is 1. The molecule has 0 radical (unpaired) electrons. The molecule has 3 rings (SSSR count). The van der Waals surface area contributed by atoms with Gasteiger partial charge < -0.3 is 10.3 Å². The molecular weight excluding hydrogens is 309 g/mol. The maximum Gasteiger partial charge on any atom is 0.417 e. The standard InChI is InChI=1S/C16H13F3N2O2/c17-16(18,19)10-6-13(15(23)20-8-10)21-14(22)12-7-11(12)9-4-2-1-3-5-9/h1-6,8,11-12H,7H2,(H,20,23)(H,21,22)/t11-,12+/m0/s1. The maximum absolute atomic E-state index is 12.7. The summed E-state index contributed by atoms with van der Waals surface area (Å²) in [7, 11) is 0. The second-order valence-electron chi connectivity index (χ2n) is 5.48. The third kappa shape index (κ3) is 3.28. The van der Waals surface area contributed by atoms with E-state index in [0.29, 0.717) is 18.7 Å². The molecule has 1 aliphatic rings. The molecule has 2 aromatic rings. The second kappa shape index (κ2) is 5.57. The molecule has 0 aliphatic heterocycles. The van der Waals surface area contributed by atoms with Crippen molar-refractivity contribution < 1.29 is 18.0 Å². The Morgan fingerprint density at radius 3 is 2.57 bits per heavy atom. The van der Waals surface area contributed by atoms with Crippen LogP contribution in [0.5, 0.6) is 0 Å². The highest BCUT2D eigenvalue weighted by atomic mass is 19.4. The van der Waals surface area contributed by atoms with Crippen LogP contribution >= 0.6 is 0 Å². The number of amides is 1. The van der Waals surface area contributed by atoms with E-state index in [4.69, 9.17) is 0 Å². The van der Waals surface area contributed by atoms with Crippen molar-refractivity contribution in [2.24, 2.45) is 5.92 Å². The maximum atomic E-state index is 12.7. The van der Waals surface area contributed by atoms with Crippen LogP contribution in [0.4, 0.5) is 18.9 Å². The summed E-state index contributed by atoms with van der Waals surface area (Å²) in [5, 5.41) is 2.30. The molecule has 0 unspecified atom stereocenters. The van der Waals surface area contributed by atoms with E-state index in [2.05, 4.69) is 5.32 Å². The molecule has 0 spiro atoms. The van der Waals surface area contributed by atoms with Gasteiger partial charge in [0.05, 0.1) is 5.56 Å². The Morgan fingerprint density at radius 2 is 1.91 bits per heavy atom. The van der Waals surface area contributed by atoms with Crippen LogP contribution in [-0.2, 0) is 11.0 Å². The van der Waals surface area contributed by atoms with E-state index in [1.54, 1.807) is 0 Å². The number of carbonyl (C=O) groups excluding carboxylic acids is 1. The van der Waals surface area contributed by atoms with Gasteiger partial charge in [0.2, 0.25) is 5.91 Å². The van der Waals surface area contributed by atoms with Crippen molar-refractivity contribution in [3.8, 4) is 0 Å². The van der Waals surface area contributed by atoms with Gasteiger partial charge in [-0.15, -0.1) is 0 Å². The summed E-state index contributed by atoms with van der Waals surface area (Å²) in [5.41, 5.74) is -1.15. The largest absolute Gasteiger partial charge is 0.417 e. The van der Waals surface area contributed by atoms with Crippen LogP contribution in [0.3, 0.4) is 0 Å². The monoisotopic (exact) mass is 322 g/mol. The molecule has 2 N–H and O–H groups in total. The minimum Gasteiger partial charge on any atom is -0.327 e. The van der Waals surface area contributed by atoms with Gasteiger partial charge in [-0.25, -0.2) is 0 Å². The van der Waals surface area contributed by atoms with Crippen LogP contribution in [0.15, 0.2) is 47.4 Å². The third-order valence-corrected chi connectivity index (χ3v) is 3.84. The zero-order valence-corrected chi connectivity index (χ0v) is 11.9. The van der Waals surface area contributed by atoms with E-state index < -0.39 is 23.2 Å². The molecule has 1 aromatic heterocycles. The number of halogens is 3. The summed E-state index contributed by atoms with van der Waals surface area (Å²) in [6, 6.07) is 10.0. The van der Waals surface area contributed by atoms with E-state index in [0.717, 1.165) is 5.56 Å². The van der Waals surface area contributed by atoms with Crippen LogP contribution in [0.1, 0.15) is 23.5 Å². The number of H-pyrrole nitrogens is 1. The van der Waals surface area contributed by atoms with Gasteiger partial charge in [0.15, 0.2) is 0 Å². The number of hydrogen-bond donors (Lipinski definition) is 2. The first kappa shape index (κ1) is 15.3. The molecule has 4 nitrogen and oxygen atoms in total. The van der Waals surface area contributed by atoms with Crippen molar-refractivity contribution >= 4 is 11.6 Å². The summed E-state index contributed by atoms with van der Waals surface area (Å²) in [4.78, 5) is 25.7. The quantitative estimate of drug-likeness (QED) is 0.912. The highest BCUT2D eigenvalue weighted by molar-refractivity contribution is 5.95. The normalized spacial score (nSPS) is 20.1. The van der Waals surface area contributed by atoms with Crippen molar-refractivity contribution in [2.75, 3.05) is 5.32 Å². The molecule has 1 saturated carbocycles. The van der Waals surface area contributed by atoms with Crippen molar-refractivity contribution in [1.82, 2.24) is 4.98 Å². The Hall–Kier alpha value is -2.57. The molecule has 1 fully saturated rings. The number of carbonyl (C=O) groups is 1. The molecular formula is C16H13F3N2O2. The van der Waals surface area contributed by atoms with Crippen molar-refractivity contribution in [3.63, 3.8) is 0 Å². The number of rotatable bonds is 3. The molecule has 23 heavy (non-hydrogen) atoms. The molecule has 2 atom stereocenters. The lowest BCUT2D eigenvalue weighted by molar-refractivity contribution is -0.137. The van der Waals surface area contributed by atoms with Gasteiger partial charge in [-0.2, -0.15) is 13.2 Å². The molecule has 7 heteroatoms. The van der Waals surface area contributed by atoms with Crippen molar-refractivity contribution in [2.45, 2.75) is 18.5 Å². The number of anilines is 1. The van der Waals surface area contributed by atoms with Crippen LogP contribution in [0.2, 0.25) is 0 Å². The molecule has 0 bridgehead atoms. The SMILES string of the molecule is O=C(Nc1cc(C(F)(F)F)c[nH]c1=O)[C@@H]1C[C@H]1c1ccccc1. The lowest BCUT2D eigenvalue weighted by Crippen LogP contribution is -2.22. The van der Waals surface area contributed by atoms with Crippen molar-refractivity contribution in [1.29, 1.82) is 0 Å². The van der Waals surface area contributed by atoms with Gasteiger partial charge in [0, 0.05) is 12.1 Å². The molecule has 1 aromatic carbocycles.